The highest BCUT2D eigenvalue weighted by Crippen LogP contribution is 2.54. The Kier molecular flexibility index (Phi) is 4.75. The third-order valence-electron chi connectivity index (χ3n) is 6.81. The lowest BCUT2D eigenvalue weighted by Gasteiger charge is -2.55. The summed E-state index contributed by atoms with van der Waals surface area (Å²) in [6.45, 7) is 6.53. The van der Waals surface area contributed by atoms with Gasteiger partial charge in [-0.1, -0.05) is 56.3 Å². The van der Waals surface area contributed by atoms with Crippen molar-refractivity contribution >= 4 is 12.2 Å². The highest BCUT2D eigenvalue weighted by molar-refractivity contribution is 5.72. The van der Waals surface area contributed by atoms with Crippen molar-refractivity contribution in [2.24, 2.45) is 11.3 Å². The van der Waals surface area contributed by atoms with Gasteiger partial charge in [0.2, 0.25) is 0 Å². The molecule has 0 amide bonds. The van der Waals surface area contributed by atoms with E-state index in [0.717, 1.165) is 41.9 Å². The number of fused-ring (bicyclic) bond motifs is 2. The molecule has 1 fully saturated rings. The molecule has 0 saturated heterocycles. The van der Waals surface area contributed by atoms with Gasteiger partial charge in [-0.15, -0.1) is 0 Å². The normalized spacial score (nSPS) is 28.3. The molecular formula is C25H30O3. The maximum atomic E-state index is 10.6. The van der Waals surface area contributed by atoms with Gasteiger partial charge >= 0.3 is 0 Å². The first kappa shape index (κ1) is 19.1. The minimum absolute atomic E-state index is 0.187. The maximum absolute atomic E-state index is 10.6. The first-order valence-electron chi connectivity index (χ1n) is 10.1. The molecule has 0 aromatic heterocycles. The third kappa shape index (κ3) is 3.22. The Labute approximate surface area is 168 Å². The van der Waals surface area contributed by atoms with Crippen LogP contribution < -0.4 is 9.47 Å². The fourth-order valence-corrected chi connectivity index (χ4v) is 5.00. The summed E-state index contributed by atoms with van der Waals surface area (Å²) in [5, 5.41) is 10.6. The van der Waals surface area contributed by atoms with E-state index in [-0.39, 0.29) is 23.0 Å². The average molecular weight is 379 g/mol. The summed E-state index contributed by atoms with van der Waals surface area (Å²) >= 11 is 0. The summed E-state index contributed by atoms with van der Waals surface area (Å²) in [5.41, 5.74) is 2.97. The summed E-state index contributed by atoms with van der Waals surface area (Å²) in [7, 11) is 1.70. The van der Waals surface area contributed by atoms with Crippen molar-refractivity contribution in [3.8, 4) is 11.5 Å². The molecule has 2 aromatic carbocycles. The summed E-state index contributed by atoms with van der Waals surface area (Å²) < 4.78 is 12.3. The summed E-state index contributed by atoms with van der Waals surface area (Å²) in [6.07, 6.45) is 6.46. The molecule has 28 heavy (non-hydrogen) atoms. The average Bonchev–Trinajstić information content (AvgIpc) is 2.69. The molecule has 2 aromatic rings. The van der Waals surface area contributed by atoms with Crippen LogP contribution in [0.15, 0.2) is 42.5 Å². The zero-order valence-electron chi connectivity index (χ0n) is 17.2. The number of aliphatic hydroxyl groups excluding tert-OH is 1. The zero-order chi connectivity index (χ0) is 19.9. The van der Waals surface area contributed by atoms with Gasteiger partial charge in [0.1, 0.15) is 5.60 Å². The number of methoxy groups -OCH3 is 1. The van der Waals surface area contributed by atoms with Gasteiger partial charge < -0.3 is 14.6 Å². The Morgan fingerprint density at radius 1 is 1.07 bits per heavy atom. The molecule has 0 bridgehead atoms. The maximum Gasteiger partial charge on any atom is 0.165 e. The summed E-state index contributed by atoms with van der Waals surface area (Å²) in [6, 6.07) is 14.5. The van der Waals surface area contributed by atoms with E-state index in [1.807, 2.05) is 24.3 Å². The van der Waals surface area contributed by atoms with Gasteiger partial charge in [0.25, 0.3) is 0 Å². The minimum Gasteiger partial charge on any atom is -0.493 e. The van der Waals surface area contributed by atoms with Crippen molar-refractivity contribution in [2.75, 3.05) is 7.11 Å². The largest absolute Gasteiger partial charge is 0.493 e. The van der Waals surface area contributed by atoms with Gasteiger partial charge in [0.05, 0.1) is 13.2 Å². The second-order valence-corrected chi connectivity index (χ2v) is 9.00. The Morgan fingerprint density at radius 3 is 2.50 bits per heavy atom. The van der Waals surface area contributed by atoms with Crippen LogP contribution >= 0.6 is 0 Å². The molecule has 1 heterocycles. The molecule has 2 aliphatic rings. The number of benzene rings is 2. The van der Waals surface area contributed by atoms with Gasteiger partial charge in [0, 0.05) is 5.92 Å². The van der Waals surface area contributed by atoms with Crippen LogP contribution in [0.4, 0.5) is 0 Å². The molecule has 4 rings (SSSR count). The van der Waals surface area contributed by atoms with Crippen molar-refractivity contribution < 1.29 is 14.6 Å². The lowest BCUT2D eigenvalue weighted by molar-refractivity contribution is -0.138. The molecule has 1 aliphatic carbocycles. The number of aliphatic hydroxyl groups is 1. The third-order valence-corrected chi connectivity index (χ3v) is 6.81. The van der Waals surface area contributed by atoms with Gasteiger partial charge in [-0.3, -0.25) is 0 Å². The Bertz CT molecular complexity index is 884. The van der Waals surface area contributed by atoms with Crippen molar-refractivity contribution in [3.05, 3.63) is 59.2 Å². The fraction of sp³-hybridized carbons (Fsp3) is 0.440. The minimum atomic E-state index is -0.293. The van der Waals surface area contributed by atoms with Crippen molar-refractivity contribution in [2.45, 2.75) is 51.7 Å². The van der Waals surface area contributed by atoms with Gasteiger partial charge in [0.15, 0.2) is 11.5 Å². The van der Waals surface area contributed by atoms with E-state index in [2.05, 4.69) is 51.1 Å². The molecule has 3 heteroatoms. The number of ether oxygens (including phenoxy) is 2. The van der Waals surface area contributed by atoms with Crippen molar-refractivity contribution in [1.29, 1.82) is 0 Å². The van der Waals surface area contributed by atoms with Crippen molar-refractivity contribution in [3.63, 3.8) is 0 Å². The smallest absolute Gasteiger partial charge is 0.165 e. The van der Waals surface area contributed by atoms with Gasteiger partial charge in [-0.05, 0) is 60.4 Å². The van der Waals surface area contributed by atoms with Crippen LogP contribution in [0.3, 0.4) is 0 Å². The summed E-state index contributed by atoms with van der Waals surface area (Å²) in [4.78, 5) is 0. The Morgan fingerprint density at radius 2 is 1.79 bits per heavy atom. The predicted octanol–water partition coefficient (Wildman–Crippen LogP) is 5.36. The second kappa shape index (κ2) is 6.97. The van der Waals surface area contributed by atoms with Crippen LogP contribution in [0.25, 0.3) is 12.2 Å². The van der Waals surface area contributed by atoms with Crippen LogP contribution in [0, 0.1) is 11.3 Å². The van der Waals surface area contributed by atoms with E-state index in [0.29, 0.717) is 0 Å². The zero-order valence-corrected chi connectivity index (χ0v) is 17.2. The predicted molar refractivity (Wildman–Crippen MR) is 114 cm³/mol. The van der Waals surface area contributed by atoms with Crippen LogP contribution in [0.2, 0.25) is 0 Å². The van der Waals surface area contributed by atoms with E-state index in [4.69, 9.17) is 9.47 Å². The van der Waals surface area contributed by atoms with Crippen LogP contribution in [0.5, 0.6) is 11.5 Å². The SMILES string of the molecule is COc1cc(/C=C/c2ccccc2)cc2c1O[C@]1(C)CC[C@@H](O)C(C)(C)[C@H]1C2. The molecule has 3 nitrogen and oxygen atoms in total. The quantitative estimate of drug-likeness (QED) is 0.731. The highest BCUT2D eigenvalue weighted by atomic mass is 16.5. The molecule has 148 valence electrons. The number of hydrogen-bond donors (Lipinski definition) is 1. The van der Waals surface area contributed by atoms with Crippen LogP contribution in [-0.4, -0.2) is 23.9 Å². The number of hydrogen-bond acceptors (Lipinski definition) is 3. The second-order valence-electron chi connectivity index (χ2n) is 9.00. The van der Waals surface area contributed by atoms with Crippen LogP contribution in [0.1, 0.15) is 50.3 Å². The van der Waals surface area contributed by atoms with E-state index < -0.39 is 0 Å². The molecule has 0 spiro atoms. The number of rotatable bonds is 3. The Hall–Kier alpha value is -2.26. The topological polar surface area (TPSA) is 38.7 Å². The van der Waals surface area contributed by atoms with E-state index in [1.165, 1.54) is 5.56 Å². The molecule has 1 saturated carbocycles. The monoisotopic (exact) mass is 378 g/mol. The summed E-state index contributed by atoms with van der Waals surface area (Å²) in [5.74, 6) is 1.91. The van der Waals surface area contributed by atoms with E-state index >= 15 is 0 Å². The van der Waals surface area contributed by atoms with Gasteiger partial charge in [-0.25, -0.2) is 0 Å². The van der Waals surface area contributed by atoms with Crippen molar-refractivity contribution in [1.82, 2.24) is 0 Å². The van der Waals surface area contributed by atoms with Gasteiger partial charge in [-0.2, -0.15) is 0 Å². The molecular weight excluding hydrogens is 348 g/mol. The lowest BCUT2D eigenvalue weighted by Crippen LogP contribution is -2.58. The standard InChI is InChI=1S/C25H30O3/c1-24(2)21-16-19-14-18(11-10-17-8-6-5-7-9-17)15-20(27-4)23(19)28-25(21,3)13-12-22(24)26/h5-11,14-15,21-22,26H,12-13,16H2,1-4H3/b11-10+/t21-,22-,25-/m1/s1. The highest BCUT2D eigenvalue weighted by Gasteiger charge is 2.54. The molecule has 3 atom stereocenters. The van der Waals surface area contributed by atoms with E-state index in [1.54, 1.807) is 7.11 Å². The van der Waals surface area contributed by atoms with Crippen LogP contribution in [-0.2, 0) is 6.42 Å². The lowest BCUT2D eigenvalue weighted by atomic mass is 9.57. The molecule has 1 N–H and O–H groups in total. The first-order valence-corrected chi connectivity index (χ1v) is 10.1. The fourth-order valence-electron chi connectivity index (χ4n) is 5.00. The molecule has 0 radical (unpaired) electrons. The molecule has 0 unspecified atom stereocenters. The first-order chi connectivity index (χ1) is 13.3. The molecule has 1 aliphatic heterocycles. The van der Waals surface area contributed by atoms with E-state index in [9.17, 15) is 5.11 Å². The Balaban J connectivity index is 1.72.